The molecule has 4 aromatic rings. The minimum absolute atomic E-state index is 0.225. The normalized spacial score (nSPS) is 14.8. The van der Waals surface area contributed by atoms with Crippen LogP contribution in [0.4, 0.5) is 23.2 Å². The van der Waals surface area contributed by atoms with Gasteiger partial charge in [-0.25, -0.2) is 4.39 Å². The van der Waals surface area contributed by atoms with Crippen LogP contribution in [0.1, 0.15) is 46.6 Å². The van der Waals surface area contributed by atoms with Gasteiger partial charge in [-0.2, -0.15) is 13.2 Å². The molecule has 0 radical (unpaired) electrons. The average molecular weight is 510 g/mol. The summed E-state index contributed by atoms with van der Waals surface area (Å²) in [6, 6.07) is 17.0. The van der Waals surface area contributed by atoms with E-state index in [9.17, 15) is 27.2 Å². The highest BCUT2D eigenvalue weighted by Crippen LogP contribution is 2.44. The molecule has 0 bridgehead atoms. The van der Waals surface area contributed by atoms with E-state index in [2.05, 4.69) is 10.3 Å². The van der Waals surface area contributed by atoms with Gasteiger partial charge in [0, 0.05) is 28.0 Å². The van der Waals surface area contributed by atoms with Gasteiger partial charge in [0.15, 0.2) is 0 Å². The predicted octanol–water partition coefficient (Wildman–Crippen LogP) is 6.08. The Morgan fingerprint density at radius 2 is 1.78 bits per heavy atom. The summed E-state index contributed by atoms with van der Waals surface area (Å²) in [7, 11) is 0. The summed E-state index contributed by atoms with van der Waals surface area (Å²) in [5.41, 5.74) is -0.0215. The highest BCUT2D eigenvalue weighted by Gasteiger charge is 2.45. The zero-order valence-corrected chi connectivity index (χ0v) is 20.0. The molecule has 0 unspecified atom stereocenters. The lowest BCUT2D eigenvalue weighted by atomic mass is 9.86. The van der Waals surface area contributed by atoms with E-state index in [-0.39, 0.29) is 17.8 Å². The van der Waals surface area contributed by atoms with Gasteiger partial charge in [0.25, 0.3) is 5.91 Å². The lowest BCUT2D eigenvalue weighted by Gasteiger charge is -2.23. The Hall–Kier alpha value is -4.14. The van der Waals surface area contributed by atoms with E-state index < -0.39 is 46.9 Å². The van der Waals surface area contributed by atoms with E-state index in [0.29, 0.717) is 5.56 Å². The molecule has 1 aromatic heterocycles. The first-order chi connectivity index (χ1) is 17.5. The number of aromatic nitrogens is 1. The van der Waals surface area contributed by atoms with Crippen molar-refractivity contribution in [1.29, 1.82) is 0 Å². The first-order valence-corrected chi connectivity index (χ1v) is 11.6. The Morgan fingerprint density at radius 1 is 1.03 bits per heavy atom. The number of hydrogen-bond donors (Lipinski definition) is 2. The molecular formula is C28H23F4N3O2. The quantitative estimate of drug-likeness (QED) is 0.320. The van der Waals surface area contributed by atoms with Gasteiger partial charge in [0.2, 0.25) is 5.91 Å². The molecule has 2 amide bonds. The molecule has 0 saturated carbocycles. The number of benzene rings is 3. The van der Waals surface area contributed by atoms with E-state index in [1.54, 1.807) is 26.0 Å². The molecule has 1 aliphatic rings. The highest BCUT2D eigenvalue weighted by molar-refractivity contribution is 6.09. The van der Waals surface area contributed by atoms with Crippen LogP contribution >= 0.6 is 0 Å². The first kappa shape index (κ1) is 24.5. The van der Waals surface area contributed by atoms with Crippen LogP contribution in [0.5, 0.6) is 0 Å². The number of fused-ring (bicyclic) bond motifs is 2. The summed E-state index contributed by atoms with van der Waals surface area (Å²) < 4.78 is 55.3. The maximum Gasteiger partial charge on any atom is 0.416 e. The molecule has 0 fully saturated rings. The number of amides is 2. The van der Waals surface area contributed by atoms with Crippen LogP contribution in [0, 0.1) is 5.82 Å². The standard InChI is InChI=1S/C28H23F4N3O2/c1-27(2)21-11-10-17(25(36)33-14-18-12-16-6-3-4-9-23(16)34-18)13-24(21)35(26(27)37)15-19-20(28(30,31)32)7-5-8-22(19)29/h3-13,34H,14-15H2,1-2H3,(H,33,36). The number of nitrogens with zero attached hydrogens (tertiary/aromatic N) is 1. The van der Waals surface area contributed by atoms with Gasteiger partial charge in [-0.1, -0.05) is 30.3 Å². The Morgan fingerprint density at radius 3 is 2.51 bits per heavy atom. The average Bonchev–Trinajstić information content (AvgIpc) is 3.35. The maximum atomic E-state index is 14.6. The number of hydrogen-bond acceptors (Lipinski definition) is 2. The number of carbonyl (C=O) groups is 2. The van der Waals surface area contributed by atoms with Crippen molar-refractivity contribution in [3.8, 4) is 0 Å². The zero-order chi connectivity index (χ0) is 26.5. The van der Waals surface area contributed by atoms with Crippen LogP contribution in [0.25, 0.3) is 10.9 Å². The SMILES string of the molecule is CC1(C)C(=O)N(Cc2c(F)cccc2C(F)(F)F)c2cc(C(=O)NCc3cc4ccccc4[nH]3)ccc21. The summed E-state index contributed by atoms with van der Waals surface area (Å²) in [4.78, 5) is 30.5. The van der Waals surface area contributed by atoms with Crippen molar-refractivity contribution in [2.45, 2.75) is 38.5 Å². The summed E-state index contributed by atoms with van der Waals surface area (Å²) >= 11 is 0. The number of para-hydroxylation sites is 1. The molecule has 5 rings (SSSR count). The van der Waals surface area contributed by atoms with Crippen molar-refractivity contribution in [3.63, 3.8) is 0 Å². The third-order valence-electron chi connectivity index (χ3n) is 6.77. The molecule has 0 aliphatic carbocycles. The summed E-state index contributed by atoms with van der Waals surface area (Å²) in [5.74, 6) is -1.95. The Balaban J connectivity index is 1.44. The maximum absolute atomic E-state index is 14.6. The molecule has 0 spiro atoms. The predicted molar refractivity (Wildman–Crippen MR) is 132 cm³/mol. The second-order valence-corrected chi connectivity index (χ2v) is 9.58. The number of carbonyl (C=O) groups excluding carboxylic acids is 2. The largest absolute Gasteiger partial charge is 0.416 e. The van der Waals surface area contributed by atoms with Crippen LogP contribution in [0.15, 0.2) is 66.7 Å². The zero-order valence-electron chi connectivity index (χ0n) is 20.0. The number of alkyl halides is 3. The fourth-order valence-electron chi connectivity index (χ4n) is 4.79. The molecular weight excluding hydrogens is 486 g/mol. The fourth-order valence-corrected chi connectivity index (χ4v) is 4.79. The molecule has 5 nitrogen and oxygen atoms in total. The van der Waals surface area contributed by atoms with Gasteiger partial charge in [-0.3, -0.25) is 9.59 Å². The molecule has 2 N–H and O–H groups in total. The lowest BCUT2D eigenvalue weighted by molar-refractivity contribution is -0.138. The molecule has 0 atom stereocenters. The van der Waals surface area contributed by atoms with Crippen LogP contribution in [0.3, 0.4) is 0 Å². The van der Waals surface area contributed by atoms with Crippen LogP contribution in [-0.2, 0) is 29.5 Å². The van der Waals surface area contributed by atoms with Gasteiger partial charge >= 0.3 is 6.18 Å². The van der Waals surface area contributed by atoms with Crippen molar-refractivity contribution >= 4 is 28.4 Å². The Labute approximate surface area is 210 Å². The van der Waals surface area contributed by atoms with E-state index in [4.69, 9.17) is 0 Å². The molecule has 190 valence electrons. The van der Waals surface area contributed by atoms with Gasteiger partial charge in [-0.05, 0) is 61.2 Å². The second kappa shape index (κ2) is 8.76. The van der Waals surface area contributed by atoms with Crippen molar-refractivity contribution in [1.82, 2.24) is 10.3 Å². The van der Waals surface area contributed by atoms with Crippen LogP contribution in [0.2, 0.25) is 0 Å². The topological polar surface area (TPSA) is 65.2 Å². The number of anilines is 1. The second-order valence-electron chi connectivity index (χ2n) is 9.58. The number of H-pyrrole nitrogens is 1. The number of aromatic amines is 1. The Kier molecular flexibility index (Phi) is 5.81. The van der Waals surface area contributed by atoms with Crippen molar-refractivity contribution in [2.75, 3.05) is 4.90 Å². The molecule has 2 heterocycles. The number of nitrogens with one attached hydrogen (secondary N) is 2. The van der Waals surface area contributed by atoms with Crippen molar-refractivity contribution < 1.29 is 27.2 Å². The first-order valence-electron chi connectivity index (χ1n) is 11.6. The monoisotopic (exact) mass is 509 g/mol. The number of halogens is 4. The lowest BCUT2D eigenvalue weighted by Crippen LogP contribution is -2.36. The van der Waals surface area contributed by atoms with Gasteiger partial charge < -0.3 is 15.2 Å². The van der Waals surface area contributed by atoms with E-state index in [1.807, 2.05) is 30.3 Å². The molecule has 1 aliphatic heterocycles. The molecule has 0 saturated heterocycles. The molecule has 9 heteroatoms. The number of rotatable bonds is 5. The van der Waals surface area contributed by atoms with E-state index in [0.717, 1.165) is 39.7 Å². The highest BCUT2D eigenvalue weighted by atomic mass is 19.4. The van der Waals surface area contributed by atoms with E-state index >= 15 is 0 Å². The van der Waals surface area contributed by atoms with Gasteiger partial charge in [0.05, 0.1) is 24.1 Å². The summed E-state index contributed by atoms with van der Waals surface area (Å²) in [6.07, 6.45) is -4.79. The summed E-state index contributed by atoms with van der Waals surface area (Å²) in [6.45, 7) is 2.91. The van der Waals surface area contributed by atoms with Crippen LogP contribution in [-0.4, -0.2) is 16.8 Å². The van der Waals surface area contributed by atoms with Gasteiger partial charge in [0.1, 0.15) is 5.82 Å². The van der Waals surface area contributed by atoms with Crippen LogP contribution < -0.4 is 10.2 Å². The minimum atomic E-state index is -4.79. The molecule has 3 aromatic carbocycles. The van der Waals surface area contributed by atoms with Crippen molar-refractivity contribution in [2.24, 2.45) is 0 Å². The molecule has 37 heavy (non-hydrogen) atoms. The fraction of sp³-hybridized carbons (Fsp3) is 0.214. The van der Waals surface area contributed by atoms with Gasteiger partial charge in [-0.15, -0.1) is 0 Å². The Bertz CT molecular complexity index is 1510. The van der Waals surface area contributed by atoms with Crippen molar-refractivity contribution in [3.05, 3.63) is 100 Å². The van der Waals surface area contributed by atoms with E-state index in [1.165, 1.54) is 6.07 Å². The third-order valence-corrected chi connectivity index (χ3v) is 6.77. The minimum Gasteiger partial charge on any atom is -0.357 e. The summed E-state index contributed by atoms with van der Waals surface area (Å²) in [5, 5.41) is 3.83. The third kappa shape index (κ3) is 4.34. The smallest absolute Gasteiger partial charge is 0.357 e.